The van der Waals surface area contributed by atoms with E-state index in [1.807, 2.05) is 22.6 Å². The van der Waals surface area contributed by atoms with Gasteiger partial charge in [-0.25, -0.2) is 4.79 Å². The average molecular weight is 457 g/mol. The van der Waals surface area contributed by atoms with Crippen molar-refractivity contribution >= 4 is 51.5 Å². The first-order valence-corrected chi connectivity index (χ1v) is 7.55. The number of carboxylic acids is 1. The molecule has 0 aliphatic rings. The first kappa shape index (κ1) is 18.3. The summed E-state index contributed by atoms with van der Waals surface area (Å²) in [5, 5.41) is 33.2. The van der Waals surface area contributed by atoms with E-state index in [9.17, 15) is 34.9 Å². The predicted octanol–water partition coefficient (Wildman–Crippen LogP) is 3.06. The van der Waals surface area contributed by atoms with Crippen molar-refractivity contribution in [1.29, 1.82) is 0 Å². The normalized spacial score (nSPS) is 10.1. The molecule has 11 heteroatoms. The Morgan fingerprint density at radius 1 is 1.00 bits per heavy atom. The molecule has 0 bridgehead atoms. The molecule has 0 spiro atoms. The summed E-state index contributed by atoms with van der Waals surface area (Å²) in [6.45, 7) is 0. The summed E-state index contributed by atoms with van der Waals surface area (Å²) in [4.78, 5) is 43.5. The van der Waals surface area contributed by atoms with Gasteiger partial charge >= 0.3 is 5.97 Å². The van der Waals surface area contributed by atoms with Crippen LogP contribution in [0.5, 0.6) is 0 Å². The second-order valence-electron chi connectivity index (χ2n) is 4.70. The number of hydrogen-bond acceptors (Lipinski definition) is 6. The highest BCUT2D eigenvalue weighted by atomic mass is 127. The van der Waals surface area contributed by atoms with Crippen LogP contribution in [-0.4, -0.2) is 26.8 Å². The van der Waals surface area contributed by atoms with Gasteiger partial charge in [0.1, 0.15) is 0 Å². The topological polar surface area (TPSA) is 153 Å². The minimum Gasteiger partial charge on any atom is -0.478 e. The zero-order valence-electron chi connectivity index (χ0n) is 12.1. The van der Waals surface area contributed by atoms with E-state index >= 15 is 0 Å². The fourth-order valence-electron chi connectivity index (χ4n) is 1.93. The molecule has 0 saturated carbocycles. The standard InChI is InChI=1S/C14H8IN3O7/c15-8-1-2-12(11(5-8)14(20)21)16-13(19)7-3-9(17(22)23)6-10(4-7)18(24)25/h1-6H,(H,16,19)(H,20,21). The number of aromatic carboxylic acids is 1. The number of anilines is 1. The molecule has 0 aliphatic heterocycles. The van der Waals surface area contributed by atoms with E-state index in [0.29, 0.717) is 3.57 Å². The van der Waals surface area contributed by atoms with Gasteiger partial charge < -0.3 is 10.4 Å². The lowest BCUT2D eigenvalue weighted by Crippen LogP contribution is -2.15. The summed E-state index contributed by atoms with van der Waals surface area (Å²) in [5.41, 5.74) is -1.80. The molecule has 2 rings (SSSR count). The molecule has 0 saturated heterocycles. The van der Waals surface area contributed by atoms with Gasteiger partial charge in [0, 0.05) is 15.7 Å². The summed E-state index contributed by atoms with van der Waals surface area (Å²) in [7, 11) is 0. The van der Waals surface area contributed by atoms with Gasteiger partial charge in [-0.15, -0.1) is 0 Å². The molecule has 0 fully saturated rings. The minimum absolute atomic E-state index is 0.0351. The van der Waals surface area contributed by atoms with Gasteiger partial charge in [-0.1, -0.05) is 0 Å². The Morgan fingerprint density at radius 3 is 2.04 bits per heavy atom. The highest BCUT2D eigenvalue weighted by Crippen LogP contribution is 2.25. The Balaban J connectivity index is 2.44. The van der Waals surface area contributed by atoms with E-state index in [-0.39, 0.29) is 16.8 Å². The molecule has 2 aromatic carbocycles. The van der Waals surface area contributed by atoms with Crippen LogP contribution in [0.1, 0.15) is 20.7 Å². The Labute approximate surface area is 152 Å². The van der Waals surface area contributed by atoms with Crippen molar-refractivity contribution in [3.63, 3.8) is 0 Å². The number of nitrogens with zero attached hydrogens (tertiary/aromatic N) is 2. The van der Waals surface area contributed by atoms with Gasteiger partial charge in [0.05, 0.1) is 32.7 Å². The highest BCUT2D eigenvalue weighted by Gasteiger charge is 2.21. The summed E-state index contributed by atoms with van der Waals surface area (Å²) < 4.78 is 0.624. The maximum Gasteiger partial charge on any atom is 0.337 e. The summed E-state index contributed by atoms with van der Waals surface area (Å²) in [6, 6.07) is 6.71. The highest BCUT2D eigenvalue weighted by molar-refractivity contribution is 14.1. The molecular formula is C14H8IN3O7. The second kappa shape index (κ2) is 7.21. The summed E-state index contributed by atoms with van der Waals surface area (Å²) >= 11 is 1.90. The van der Waals surface area contributed by atoms with Crippen molar-refractivity contribution in [2.24, 2.45) is 0 Å². The van der Waals surface area contributed by atoms with E-state index < -0.39 is 33.1 Å². The third-order valence-electron chi connectivity index (χ3n) is 3.05. The molecule has 0 aromatic heterocycles. The Hall–Kier alpha value is -3.09. The molecule has 0 heterocycles. The molecule has 128 valence electrons. The van der Waals surface area contributed by atoms with Gasteiger partial charge in [0.2, 0.25) is 0 Å². The minimum atomic E-state index is -1.28. The number of benzene rings is 2. The van der Waals surface area contributed by atoms with Crippen LogP contribution in [0.4, 0.5) is 17.1 Å². The number of carboxylic acid groups (broad SMARTS) is 1. The number of carbonyl (C=O) groups excluding carboxylic acids is 1. The number of nitro benzene ring substituents is 2. The zero-order valence-corrected chi connectivity index (χ0v) is 14.3. The molecule has 25 heavy (non-hydrogen) atoms. The summed E-state index contributed by atoms with van der Waals surface area (Å²) in [6.07, 6.45) is 0. The maximum atomic E-state index is 12.3. The number of hydrogen-bond donors (Lipinski definition) is 2. The van der Waals surface area contributed by atoms with Gasteiger partial charge in [-0.05, 0) is 40.8 Å². The number of rotatable bonds is 5. The smallest absolute Gasteiger partial charge is 0.337 e. The third kappa shape index (κ3) is 4.26. The van der Waals surface area contributed by atoms with E-state index in [2.05, 4.69) is 5.32 Å². The SMILES string of the molecule is O=C(Nc1ccc(I)cc1C(=O)O)c1cc([N+](=O)[O-])cc([N+](=O)[O-])c1. The summed E-state index contributed by atoms with van der Waals surface area (Å²) in [5.74, 6) is -2.19. The van der Waals surface area contributed by atoms with Crippen LogP contribution in [0.15, 0.2) is 36.4 Å². The van der Waals surface area contributed by atoms with Crippen LogP contribution in [-0.2, 0) is 0 Å². The van der Waals surface area contributed by atoms with Crippen LogP contribution in [0.25, 0.3) is 0 Å². The van der Waals surface area contributed by atoms with E-state index in [4.69, 9.17) is 0 Å². The van der Waals surface area contributed by atoms with Gasteiger partial charge in [-0.3, -0.25) is 25.0 Å². The van der Waals surface area contributed by atoms with E-state index in [1.165, 1.54) is 12.1 Å². The van der Waals surface area contributed by atoms with Crippen molar-refractivity contribution in [2.75, 3.05) is 5.32 Å². The number of carbonyl (C=O) groups is 2. The molecule has 2 aromatic rings. The molecule has 0 radical (unpaired) electrons. The number of non-ortho nitro benzene ring substituents is 2. The van der Waals surface area contributed by atoms with Gasteiger partial charge in [-0.2, -0.15) is 0 Å². The first-order valence-electron chi connectivity index (χ1n) is 6.47. The Kier molecular flexibility index (Phi) is 5.26. The van der Waals surface area contributed by atoms with Crippen LogP contribution in [0.3, 0.4) is 0 Å². The van der Waals surface area contributed by atoms with E-state index in [0.717, 1.165) is 18.2 Å². The van der Waals surface area contributed by atoms with E-state index in [1.54, 1.807) is 6.07 Å². The Bertz CT molecular complexity index is 881. The third-order valence-corrected chi connectivity index (χ3v) is 3.72. The van der Waals surface area contributed by atoms with Crippen molar-refractivity contribution in [1.82, 2.24) is 0 Å². The number of nitrogens with one attached hydrogen (secondary N) is 1. The van der Waals surface area contributed by atoms with Crippen molar-refractivity contribution in [2.45, 2.75) is 0 Å². The van der Waals surface area contributed by atoms with Crippen molar-refractivity contribution in [3.8, 4) is 0 Å². The number of amides is 1. The molecular weight excluding hydrogens is 449 g/mol. The molecule has 0 atom stereocenters. The van der Waals surface area contributed by atoms with Crippen LogP contribution in [0.2, 0.25) is 0 Å². The zero-order chi connectivity index (χ0) is 18.7. The van der Waals surface area contributed by atoms with Crippen molar-refractivity contribution in [3.05, 3.63) is 71.3 Å². The molecule has 2 N–H and O–H groups in total. The van der Waals surface area contributed by atoms with Crippen LogP contribution in [0, 0.1) is 23.8 Å². The predicted molar refractivity (Wildman–Crippen MR) is 93.8 cm³/mol. The number of nitro groups is 2. The van der Waals surface area contributed by atoms with Crippen LogP contribution >= 0.6 is 22.6 Å². The second-order valence-corrected chi connectivity index (χ2v) is 5.95. The number of halogens is 1. The lowest BCUT2D eigenvalue weighted by atomic mass is 10.1. The van der Waals surface area contributed by atoms with Gasteiger partial charge in [0.25, 0.3) is 17.3 Å². The molecule has 0 unspecified atom stereocenters. The largest absolute Gasteiger partial charge is 0.478 e. The fraction of sp³-hybridized carbons (Fsp3) is 0. The molecule has 10 nitrogen and oxygen atoms in total. The Morgan fingerprint density at radius 2 is 1.56 bits per heavy atom. The quantitative estimate of drug-likeness (QED) is 0.398. The molecule has 0 aliphatic carbocycles. The average Bonchev–Trinajstić information content (AvgIpc) is 2.55. The van der Waals surface area contributed by atoms with Crippen molar-refractivity contribution < 1.29 is 24.5 Å². The van der Waals surface area contributed by atoms with Gasteiger partial charge in [0.15, 0.2) is 0 Å². The maximum absolute atomic E-state index is 12.3. The lowest BCUT2D eigenvalue weighted by molar-refractivity contribution is -0.394. The van der Waals surface area contributed by atoms with Crippen LogP contribution < -0.4 is 5.32 Å². The first-order chi connectivity index (χ1) is 11.7. The lowest BCUT2D eigenvalue weighted by Gasteiger charge is -2.09. The fourth-order valence-corrected chi connectivity index (χ4v) is 2.43. The monoisotopic (exact) mass is 457 g/mol. The molecule has 1 amide bonds.